The van der Waals surface area contributed by atoms with Gasteiger partial charge in [-0.15, -0.1) is 0 Å². The number of ether oxygens (including phenoxy) is 1. The molecule has 2 N–H and O–H groups in total. The van der Waals surface area contributed by atoms with E-state index in [1.54, 1.807) is 13.3 Å². The van der Waals surface area contributed by atoms with Crippen LogP contribution in [-0.4, -0.2) is 21.5 Å². The largest absolute Gasteiger partial charge is 0.478 e. The van der Waals surface area contributed by atoms with E-state index in [0.29, 0.717) is 11.5 Å². The molecule has 0 bridgehead atoms. The van der Waals surface area contributed by atoms with E-state index >= 15 is 0 Å². The van der Waals surface area contributed by atoms with Crippen LogP contribution in [0.4, 0.5) is 0 Å². The second-order valence-electron chi connectivity index (χ2n) is 7.39. The van der Waals surface area contributed by atoms with Gasteiger partial charge in [-0.25, -0.2) is 9.97 Å². The van der Waals surface area contributed by atoms with Crippen LogP contribution in [0, 0.1) is 0 Å². The molecular weight excluding hydrogens is 348 g/mol. The summed E-state index contributed by atoms with van der Waals surface area (Å²) >= 11 is 0. The molecule has 0 amide bonds. The van der Waals surface area contributed by atoms with Gasteiger partial charge in [0.1, 0.15) is 0 Å². The molecule has 1 aliphatic rings. The quantitative estimate of drug-likeness (QED) is 0.578. The van der Waals surface area contributed by atoms with Gasteiger partial charge in [-0.3, -0.25) is 4.40 Å². The van der Waals surface area contributed by atoms with Crippen molar-refractivity contribution in [3.05, 3.63) is 72.6 Å². The van der Waals surface area contributed by atoms with Crippen LogP contribution >= 0.6 is 0 Å². The highest BCUT2D eigenvalue weighted by Gasteiger charge is 2.34. The van der Waals surface area contributed by atoms with E-state index < -0.39 is 0 Å². The maximum atomic E-state index is 6.49. The van der Waals surface area contributed by atoms with Crippen LogP contribution in [-0.2, 0) is 5.54 Å². The number of hydrogen-bond donors (Lipinski definition) is 1. The first-order valence-electron chi connectivity index (χ1n) is 9.56. The van der Waals surface area contributed by atoms with Crippen molar-refractivity contribution in [2.24, 2.45) is 5.73 Å². The van der Waals surface area contributed by atoms with Crippen LogP contribution in [0.15, 0.2) is 67.0 Å². The zero-order valence-electron chi connectivity index (χ0n) is 15.8. The number of benzene rings is 2. The molecule has 2 aromatic carbocycles. The van der Waals surface area contributed by atoms with E-state index in [0.717, 1.165) is 35.4 Å². The predicted molar refractivity (Wildman–Crippen MR) is 110 cm³/mol. The summed E-state index contributed by atoms with van der Waals surface area (Å²) in [6.07, 6.45) is 6.98. The minimum absolute atomic E-state index is 0.160. The van der Waals surface area contributed by atoms with E-state index in [1.165, 1.54) is 12.0 Å². The smallest absolute Gasteiger partial charge is 0.258 e. The summed E-state index contributed by atoms with van der Waals surface area (Å²) in [5.41, 5.74) is 12.3. The van der Waals surface area contributed by atoms with E-state index in [9.17, 15) is 0 Å². The SMILES string of the molecule is COc1nccn2c(-c3ccccc3)c(-c3ccc(C4(N)CCC4)cc3)nc12. The van der Waals surface area contributed by atoms with Gasteiger partial charge in [-0.2, -0.15) is 0 Å². The highest BCUT2D eigenvalue weighted by Crippen LogP contribution is 2.40. The molecule has 5 rings (SSSR count). The number of methoxy groups -OCH3 is 1. The Kier molecular flexibility index (Phi) is 3.91. The predicted octanol–water partition coefficient (Wildman–Crippen LogP) is 4.41. The van der Waals surface area contributed by atoms with Gasteiger partial charge in [0.2, 0.25) is 5.65 Å². The summed E-state index contributed by atoms with van der Waals surface area (Å²) in [7, 11) is 1.62. The van der Waals surface area contributed by atoms with Gasteiger partial charge in [0.15, 0.2) is 0 Å². The van der Waals surface area contributed by atoms with Gasteiger partial charge in [-0.1, -0.05) is 54.6 Å². The average molecular weight is 370 g/mol. The summed E-state index contributed by atoms with van der Waals surface area (Å²) in [4.78, 5) is 9.21. The number of fused-ring (bicyclic) bond motifs is 1. The number of nitrogens with two attached hydrogens (primary N) is 1. The Morgan fingerprint density at radius 1 is 1.00 bits per heavy atom. The lowest BCUT2D eigenvalue weighted by atomic mass is 9.72. The summed E-state index contributed by atoms with van der Waals surface area (Å²) in [6.45, 7) is 0. The molecule has 1 fully saturated rings. The molecule has 1 saturated carbocycles. The normalized spacial score (nSPS) is 15.4. The van der Waals surface area contributed by atoms with Gasteiger partial charge < -0.3 is 10.5 Å². The molecule has 5 nitrogen and oxygen atoms in total. The second-order valence-corrected chi connectivity index (χ2v) is 7.39. The molecule has 0 spiro atoms. The first-order chi connectivity index (χ1) is 13.7. The maximum absolute atomic E-state index is 6.49. The molecule has 28 heavy (non-hydrogen) atoms. The Morgan fingerprint density at radius 3 is 2.39 bits per heavy atom. The van der Waals surface area contributed by atoms with Crippen molar-refractivity contribution in [3.8, 4) is 28.4 Å². The second kappa shape index (κ2) is 6.46. The number of imidazole rings is 1. The number of hydrogen-bond acceptors (Lipinski definition) is 4. The maximum Gasteiger partial charge on any atom is 0.258 e. The van der Waals surface area contributed by atoms with Crippen molar-refractivity contribution < 1.29 is 4.74 Å². The lowest BCUT2D eigenvalue weighted by Crippen LogP contribution is -2.43. The van der Waals surface area contributed by atoms with Crippen molar-refractivity contribution in [2.75, 3.05) is 7.11 Å². The van der Waals surface area contributed by atoms with Crippen molar-refractivity contribution in [3.63, 3.8) is 0 Å². The van der Waals surface area contributed by atoms with Gasteiger partial charge in [0.25, 0.3) is 5.88 Å². The van der Waals surface area contributed by atoms with E-state index in [4.69, 9.17) is 15.5 Å². The molecular formula is C23H22N4O. The minimum atomic E-state index is -0.160. The monoisotopic (exact) mass is 370 g/mol. The highest BCUT2D eigenvalue weighted by molar-refractivity contribution is 5.83. The molecule has 0 unspecified atom stereocenters. The van der Waals surface area contributed by atoms with Gasteiger partial charge in [-0.05, 0) is 24.8 Å². The zero-order chi connectivity index (χ0) is 19.1. The topological polar surface area (TPSA) is 65.4 Å². The fraction of sp³-hybridized carbons (Fsp3) is 0.217. The molecule has 5 heteroatoms. The molecule has 0 radical (unpaired) electrons. The molecule has 4 aromatic rings. The molecule has 2 aromatic heterocycles. The summed E-state index contributed by atoms with van der Waals surface area (Å²) in [5, 5.41) is 0. The summed E-state index contributed by atoms with van der Waals surface area (Å²) < 4.78 is 7.48. The van der Waals surface area contributed by atoms with Crippen LogP contribution in [0.2, 0.25) is 0 Å². The van der Waals surface area contributed by atoms with E-state index in [1.807, 2.05) is 28.8 Å². The standard InChI is InChI=1S/C23H22N4O/c1-28-22-21-26-19(16-8-10-18(11-9-16)23(24)12-5-13-23)20(27(21)15-14-25-22)17-6-3-2-4-7-17/h2-4,6-11,14-15H,5,12-13,24H2,1H3. The van der Waals surface area contributed by atoms with Gasteiger partial charge in [0.05, 0.1) is 18.5 Å². The van der Waals surface area contributed by atoms with Crippen LogP contribution in [0.1, 0.15) is 24.8 Å². The number of aromatic nitrogens is 3. The van der Waals surface area contributed by atoms with Crippen LogP contribution < -0.4 is 10.5 Å². The van der Waals surface area contributed by atoms with Crippen LogP contribution in [0.5, 0.6) is 5.88 Å². The van der Waals surface area contributed by atoms with Crippen LogP contribution in [0.3, 0.4) is 0 Å². The lowest BCUT2D eigenvalue weighted by Gasteiger charge is -2.38. The van der Waals surface area contributed by atoms with Crippen molar-refractivity contribution in [1.82, 2.24) is 14.4 Å². The Bertz CT molecular complexity index is 1130. The molecule has 0 atom stereocenters. The Labute approximate surface area is 163 Å². The third-order valence-corrected chi connectivity index (χ3v) is 5.73. The molecule has 0 aliphatic heterocycles. The Morgan fingerprint density at radius 2 is 1.75 bits per heavy atom. The number of rotatable bonds is 4. The Balaban J connectivity index is 1.70. The van der Waals surface area contributed by atoms with Crippen LogP contribution in [0.25, 0.3) is 28.2 Å². The zero-order valence-corrected chi connectivity index (χ0v) is 15.8. The first-order valence-corrected chi connectivity index (χ1v) is 9.56. The average Bonchev–Trinajstić information content (AvgIpc) is 3.12. The van der Waals surface area contributed by atoms with E-state index in [-0.39, 0.29) is 5.54 Å². The molecule has 0 saturated heterocycles. The minimum Gasteiger partial charge on any atom is -0.478 e. The molecule has 1 aliphatic carbocycles. The lowest BCUT2D eigenvalue weighted by molar-refractivity contribution is 0.253. The first kappa shape index (κ1) is 17.0. The summed E-state index contributed by atoms with van der Waals surface area (Å²) in [6, 6.07) is 18.8. The fourth-order valence-corrected chi connectivity index (χ4v) is 3.98. The highest BCUT2D eigenvalue weighted by atomic mass is 16.5. The Hall–Kier alpha value is -3.18. The third kappa shape index (κ3) is 2.59. The van der Waals surface area contributed by atoms with Gasteiger partial charge >= 0.3 is 0 Å². The van der Waals surface area contributed by atoms with Crippen molar-refractivity contribution in [2.45, 2.75) is 24.8 Å². The van der Waals surface area contributed by atoms with Crippen molar-refractivity contribution in [1.29, 1.82) is 0 Å². The van der Waals surface area contributed by atoms with E-state index in [2.05, 4.69) is 41.4 Å². The molecule has 2 heterocycles. The molecule has 140 valence electrons. The summed E-state index contributed by atoms with van der Waals surface area (Å²) in [5.74, 6) is 0.512. The number of nitrogens with zero attached hydrogens (tertiary/aromatic N) is 3. The van der Waals surface area contributed by atoms with Crippen molar-refractivity contribution >= 4 is 5.65 Å². The third-order valence-electron chi connectivity index (χ3n) is 5.73. The van der Waals surface area contributed by atoms with Gasteiger partial charge in [0, 0.05) is 29.1 Å². The fourth-order valence-electron chi connectivity index (χ4n) is 3.98.